The third-order valence-electron chi connectivity index (χ3n) is 5.03. The van der Waals surface area contributed by atoms with E-state index >= 15 is 0 Å². The maximum absolute atomic E-state index is 13.0. The molecule has 7 heteroatoms. The first-order valence-corrected chi connectivity index (χ1v) is 12.5. The summed E-state index contributed by atoms with van der Waals surface area (Å²) in [6, 6.07) is 24.7. The van der Waals surface area contributed by atoms with Crippen LogP contribution in [0.4, 0.5) is 0 Å². The lowest BCUT2D eigenvalue weighted by Crippen LogP contribution is -2.11. The molecule has 0 saturated heterocycles. The van der Waals surface area contributed by atoms with Gasteiger partial charge in [-0.3, -0.25) is 4.57 Å². The number of para-hydroxylation sites is 1. The van der Waals surface area contributed by atoms with Gasteiger partial charge in [-0.1, -0.05) is 71.9 Å². The van der Waals surface area contributed by atoms with Crippen LogP contribution in [-0.2, 0) is 21.3 Å². The van der Waals surface area contributed by atoms with Gasteiger partial charge in [-0.2, -0.15) is 0 Å². The number of aromatic nitrogens is 3. The maximum Gasteiger partial charge on any atom is 0.196 e. The van der Waals surface area contributed by atoms with Crippen LogP contribution in [0.5, 0.6) is 0 Å². The van der Waals surface area contributed by atoms with Crippen LogP contribution >= 0.6 is 11.8 Å². The van der Waals surface area contributed by atoms with E-state index in [-0.39, 0.29) is 10.6 Å². The summed E-state index contributed by atoms with van der Waals surface area (Å²) >= 11 is 1.55. The molecule has 31 heavy (non-hydrogen) atoms. The zero-order valence-corrected chi connectivity index (χ0v) is 19.0. The Labute approximate surface area is 187 Å². The van der Waals surface area contributed by atoms with Crippen molar-refractivity contribution in [2.45, 2.75) is 35.4 Å². The highest BCUT2D eigenvalue weighted by Gasteiger charge is 2.22. The monoisotopic (exact) mass is 449 g/mol. The SMILES string of the molecule is Cc1ccc(S(=O)(=O)Cc2nnc(SCc3ccccc3C)n2-c2ccccc2)cc1. The summed E-state index contributed by atoms with van der Waals surface area (Å²) in [7, 11) is -3.55. The molecule has 0 unspecified atom stereocenters. The Morgan fingerprint density at radius 2 is 1.52 bits per heavy atom. The molecule has 0 bridgehead atoms. The molecule has 0 fully saturated rings. The predicted molar refractivity (Wildman–Crippen MR) is 124 cm³/mol. The lowest BCUT2D eigenvalue weighted by molar-refractivity contribution is 0.593. The van der Waals surface area contributed by atoms with E-state index in [1.54, 1.807) is 36.0 Å². The van der Waals surface area contributed by atoms with E-state index < -0.39 is 9.84 Å². The Morgan fingerprint density at radius 3 is 2.23 bits per heavy atom. The van der Waals surface area contributed by atoms with Crippen molar-refractivity contribution >= 4 is 21.6 Å². The Balaban J connectivity index is 1.68. The van der Waals surface area contributed by atoms with Gasteiger partial charge in [-0.25, -0.2) is 8.42 Å². The molecular weight excluding hydrogens is 426 g/mol. The van der Waals surface area contributed by atoms with E-state index in [9.17, 15) is 8.42 Å². The van der Waals surface area contributed by atoms with E-state index in [1.165, 1.54) is 11.1 Å². The number of hydrogen-bond acceptors (Lipinski definition) is 5. The summed E-state index contributed by atoms with van der Waals surface area (Å²) in [5.74, 6) is 0.907. The average molecular weight is 450 g/mol. The van der Waals surface area contributed by atoms with Crippen LogP contribution in [0, 0.1) is 13.8 Å². The highest BCUT2D eigenvalue weighted by atomic mass is 32.2. The van der Waals surface area contributed by atoms with E-state index in [0.717, 1.165) is 17.0 Å². The molecule has 0 aliphatic rings. The Hall–Kier alpha value is -2.90. The normalized spacial score (nSPS) is 11.5. The third-order valence-corrected chi connectivity index (χ3v) is 7.64. The van der Waals surface area contributed by atoms with E-state index in [0.29, 0.717) is 11.0 Å². The topological polar surface area (TPSA) is 64.8 Å². The summed E-state index contributed by atoms with van der Waals surface area (Å²) in [6.07, 6.45) is 0. The first-order chi connectivity index (χ1) is 14.9. The Bertz CT molecular complexity index is 1280. The van der Waals surface area contributed by atoms with Gasteiger partial charge in [0.15, 0.2) is 20.8 Å². The molecule has 5 nitrogen and oxygen atoms in total. The highest BCUT2D eigenvalue weighted by Crippen LogP contribution is 2.28. The molecule has 0 aliphatic heterocycles. The fourth-order valence-electron chi connectivity index (χ4n) is 3.24. The molecular formula is C24H23N3O2S2. The molecule has 4 rings (SSSR count). The maximum atomic E-state index is 13.0. The van der Waals surface area contributed by atoms with E-state index in [1.807, 2.05) is 54.0 Å². The molecule has 0 aliphatic carbocycles. The van der Waals surface area contributed by atoms with Crippen molar-refractivity contribution in [1.82, 2.24) is 14.8 Å². The first-order valence-electron chi connectivity index (χ1n) is 9.90. The highest BCUT2D eigenvalue weighted by molar-refractivity contribution is 7.98. The summed E-state index contributed by atoms with van der Waals surface area (Å²) in [4.78, 5) is 0.287. The molecule has 1 aromatic heterocycles. The molecule has 0 radical (unpaired) electrons. The standard InChI is InChI=1S/C24H23N3O2S2/c1-18-12-14-22(15-13-18)31(28,29)17-23-25-26-24(27(23)21-10-4-3-5-11-21)30-16-20-9-7-6-8-19(20)2/h3-15H,16-17H2,1-2H3. The van der Waals surface area contributed by atoms with Crippen molar-refractivity contribution in [3.8, 4) is 5.69 Å². The fourth-order valence-corrected chi connectivity index (χ4v) is 5.53. The molecule has 3 aromatic carbocycles. The zero-order valence-electron chi connectivity index (χ0n) is 17.4. The van der Waals surface area contributed by atoms with Gasteiger partial charge in [-0.15, -0.1) is 10.2 Å². The second-order valence-electron chi connectivity index (χ2n) is 7.36. The van der Waals surface area contributed by atoms with Gasteiger partial charge in [0, 0.05) is 11.4 Å². The fraction of sp³-hybridized carbons (Fsp3) is 0.167. The van der Waals surface area contributed by atoms with Crippen LogP contribution in [-0.4, -0.2) is 23.2 Å². The summed E-state index contributed by atoms with van der Waals surface area (Å²) in [6.45, 7) is 4.01. The van der Waals surface area contributed by atoms with E-state index in [2.05, 4.69) is 29.3 Å². The Morgan fingerprint density at radius 1 is 0.839 bits per heavy atom. The van der Waals surface area contributed by atoms with Crippen LogP contribution in [0.2, 0.25) is 0 Å². The van der Waals surface area contributed by atoms with Crippen molar-refractivity contribution in [1.29, 1.82) is 0 Å². The average Bonchev–Trinajstić information content (AvgIpc) is 3.15. The van der Waals surface area contributed by atoms with Crippen molar-refractivity contribution in [2.24, 2.45) is 0 Å². The van der Waals surface area contributed by atoms with Crippen LogP contribution in [0.15, 0.2) is 88.9 Å². The summed E-state index contributed by atoms with van der Waals surface area (Å²) < 4.78 is 27.9. The minimum atomic E-state index is -3.55. The predicted octanol–water partition coefficient (Wildman–Crippen LogP) is 5.15. The number of thioether (sulfide) groups is 1. The van der Waals surface area contributed by atoms with Gasteiger partial charge >= 0.3 is 0 Å². The molecule has 158 valence electrons. The summed E-state index contributed by atoms with van der Waals surface area (Å²) in [5.41, 5.74) is 4.28. The number of hydrogen-bond donors (Lipinski definition) is 0. The van der Waals surface area contributed by atoms with Crippen molar-refractivity contribution in [3.05, 3.63) is 101 Å². The van der Waals surface area contributed by atoms with Gasteiger partial charge in [0.25, 0.3) is 0 Å². The lowest BCUT2D eigenvalue weighted by atomic mass is 10.1. The minimum Gasteiger partial charge on any atom is -0.273 e. The van der Waals surface area contributed by atoms with Gasteiger partial charge in [0.2, 0.25) is 0 Å². The number of sulfone groups is 1. The minimum absolute atomic E-state index is 0.219. The van der Waals surface area contributed by atoms with Gasteiger partial charge in [-0.05, 0) is 49.2 Å². The first kappa shape index (κ1) is 21.3. The molecule has 1 heterocycles. The van der Waals surface area contributed by atoms with Crippen LogP contribution < -0.4 is 0 Å². The summed E-state index contributed by atoms with van der Waals surface area (Å²) in [5, 5.41) is 9.28. The smallest absolute Gasteiger partial charge is 0.196 e. The third kappa shape index (κ3) is 4.89. The largest absolute Gasteiger partial charge is 0.273 e. The molecule has 4 aromatic rings. The van der Waals surface area contributed by atoms with Crippen LogP contribution in [0.1, 0.15) is 22.5 Å². The van der Waals surface area contributed by atoms with Gasteiger partial charge < -0.3 is 0 Å². The Kier molecular flexibility index (Phi) is 6.25. The molecule has 0 N–H and O–H groups in total. The zero-order chi connectivity index (χ0) is 21.8. The molecule has 0 atom stereocenters. The van der Waals surface area contributed by atoms with Crippen LogP contribution in [0.25, 0.3) is 5.69 Å². The molecule has 0 amide bonds. The van der Waals surface area contributed by atoms with E-state index in [4.69, 9.17) is 0 Å². The quantitative estimate of drug-likeness (QED) is 0.365. The number of aryl methyl sites for hydroxylation is 2. The van der Waals surface area contributed by atoms with Crippen molar-refractivity contribution in [2.75, 3.05) is 0 Å². The van der Waals surface area contributed by atoms with Gasteiger partial charge in [0.05, 0.1) is 4.90 Å². The number of rotatable bonds is 7. The van der Waals surface area contributed by atoms with Crippen molar-refractivity contribution in [3.63, 3.8) is 0 Å². The molecule has 0 spiro atoms. The second kappa shape index (κ2) is 9.08. The second-order valence-corrected chi connectivity index (χ2v) is 10.3. The van der Waals surface area contributed by atoms with Crippen LogP contribution in [0.3, 0.4) is 0 Å². The van der Waals surface area contributed by atoms with Gasteiger partial charge in [0.1, 0.15) is 5.75 Å². The van der Waals surface area contributed by atoms with Crippen molar-refractivity contribution < 1.29 is 8.42 Å². The number of nitrogens with zero attached hydrogens (tertiary/aromatic N) is 3. The lowest BCUT2D eigenvalue weighted by Gasteiger charge is -2.11. The number of benzene rings is 3. The molecule has 0 saturated carbocycles.